The van der Waals surface area contributed by atoms with Crippen molar-refractivity contribution in [3.8, 4) is 0 Å². The van der Waals surface area contributed by atoms with Crippen LogP contribution in [0.2, 0.25) is 5.02 Å². The molecule has 138 valence electrons. The fourth-order valence-corrected chi connectivity index (χ4v) is 4.32. The lowest BCUT2D eigenvalue weighted by Gasteiger charge is -2.19. The standard InChI is InChI=1S/C18H20ClN3O3S/c1-22-11-5-10-17(22)18(23)20-13-6-4-7-14(12-13)26(24,25)21-16-9-3-2-8-15(16)19/h2-4,6-9,12,17,21H,5,10-11H2,1H3,(H,20,23). The third-order valence-electron chi connectivity index (χ3n) is 4.35. The predicted octanol–water partition coefficient (Wildman–Crippen LogP) is 3.17. The van der Waals surface area contributed by atoms with Crippen LogP contribution in [-0.4, -0.2) is 38.9 Å². The zero-order chi connectivity index (χ0) is 18.7. The number of hydrogen-bond acceptors (Lipinski definition) is 4. The van der Waals surface area contributed by atoms with Gasteiger partial charge < -0.3 is 5.32 Å². The first kappa shape index (κ1) is 18.7. The number of halogens is 1. The maximum Gasteiger partial charge on any atom is 0.262 e. The number of para-hydroxylation sites is 1. The molecule has 26 heavy (non-hydrogen) atoms. The largest absolute Gasteiger partial charge is 0.325 e. The maximum atomic E-state index is 12.6. The number of amides is 1. The molecule has 0 saturated carbocycles. The number of likely N-dealkylation sites (tertiary alicyclic amines) is 1. The lowest BCUT2D eigenvalue weighted by molar-refractivity contribution is -0.119. The van der Waals surface area contributed by atoms with Crippen molar-refractivity contribution in [3.05, 3.63) is 53.6 Å². The molecule has 1 aliphatic rings. The first-order valence-corrected chi connectivity index (χ1v) is 10.1. The zero-order valence-corrected chi connectivity index (χ0v) is 15.8. The maximum absolute atomic E-state index is 12.6. The number of nitrogens with zero attached hydrogens (tertiary/aromatic N) is 1. The third-order valence-corrected chi connectivity index (χ3v) is 6.05. The second kappa shape index (κ2) is 7.65. The topological polar surface area (TPSA) is 78.5 Å². The molecule has 1 fully saturated rings. The molecule has 1 saturated heterocycles. The number of sulfonamides is 1. The van der Waals surface area contributed by atoms with Gasteiger partial charge in [0.1, 0.15) is 0 Å². The highest BCUT2D eigenvalue weighted by molar-refractivity contribution is 7.92. The van der Waals surface area contributed by atoms with Gasteiger partial charge in [-0.05, 0) is 56.8 Å². The molecule has 0 radical (unpaired) electrons. The van der Waals surface area contributed by atoms with E-state index in [4.69, 9.17) is 11.6 Å². The molecule has 1 heterocycles. The number of carbonyl (C=O) groups excluding carboxylic acids is 1. The summed E-state index contributed by atoms with van der Waals surface area (Å²) in [6, 6.07) is 12.6. The van der Waals surface area contributed by atoms with Crippen molar-refractivity contribution in [1.82, 2.24) is 4.90 Å². The second-order valence-electron chi connectivity index (χ2n) is 6.24. The van der Waals surface area contributed by atoms with Crippen molar-refractivity contribution < 1.29 is 13.2 Å². The molecule has 8 heteroatoms. The van der Waals surface area contributed by atoms with Crippen molar-refractivity contribution in [2.24, 2.45) is 0 Å². The van der Waals surface area contributed by atoms with Gasteiger partial charge in [0.2, 0.25) is 5.91 Å². The monoisotopic (exact) mass is 393 g/mol. The van der Waals surface area contributed by atoms with Crippen molar-refractivity contribution in [2.75, 3.05) is 23.6 Å². The quantitative estimate of drug-likeness (QED) is 0.817. The van der Waals surface area contributed by atoms with E-state index in [2.05, 4.69) is 10.0 Å². The van der Waals surface area contributed by atoms with E-state index in [1.54, 1.807) is 36.4 Å². The number of anilines is 2. The van der Waals surface area contributed by atoms with Gasteiger partial charge in [0, 0.05) is 5.69 Å². The fraction of sp³-hybridized carbons (Fsp3) is 0.278. The molecule has 3 rings (SSSR count). The molecular weight excluding hydrogens is 374 g/mol. The van der Waals surface area contributed by atoms with Crippen LogP contribution in [-0.2, 0) is 14.8 Å². The van der Waals surface area contributed by atoms with E-state index in [0.29, 0.717) is 16.4 Å². The van der Waals surface area contributed by atoms with E-state index in [1.807, 2.05) is 11.9 Å². The number of rotatable bonds is 5. The highest BCUT2D eigenvalue weighted by atomic mass is 35.5. The number of nitrogens with one attached hydrogen (secondary N) is 2. The van der Waals surface area contributed by atoms with Crippen molar-refractivity contribution >= 4 is 38.9 Å². The number of likely N-dealkylation sites (N-methyl/N-ethyl adjacent to an activating group) is 1. The lowest BCUT2D eigenvalue weighted by atomic mass is 10.2. The molecule has 1 unspecified atom stereocenters. The van der Waals surface area contributed by atoms with Gasteiger partial charge >= 0.3 is 0 Å². The molecule has 2 aromatic carbocycles. The minimum absolute atomic E-state index is 0.0509. The Morgan fingerprint density at radius 1 is 1.19 bits per heavy atom. The van der Waals surface area contributed by atoms with Crippen LogP contribution in [0.4, 0.5) is 11.4 Å². The van der Waals surface area contributed by atoms with Gasteiger partial charge in [0.15, 0.2) is 0 Å². The van der Waals surface area contributed by atoms with Crippen LogP contribution >= 0.6 is 11.6 Å². The minimum Gasteiger partial charge on any atom is -0.325 e. The first-order chi connectivity index (χ1) is 12.4. The van der Waals surface area contributed by atoms with Crippen LogP contribution in [0.3, 0.4) is 0 Å². The Morgan fingerprint density at radius 2 is 1.96 bits per heavy atom. The van der Waals surface area contributed by atoms with Gasteiger partial charge in [0.05, 0.1) is 21.6 Å². The van der Waals surface area contributed by atoms with Crippen LogP contribution in [0.1, 0.15) is 12.8 Å². The molecule has 6 nitrogen and oxygen atoms in total. The summed E-state index contributed by atoms with van der Waals surface area (Å²) in [7, 11) is -1.91. The van der Waals surface area contributed by atoms with E-state index >= 15 is 0 Å². The van der Waals surface area contributed by atoms with E-state index in [1.165, 1.54) is 12.1 Å². The average molecular weight is 394 g/mol. The summed E-state index contributed by atoms with van der Waals surface area (Å²) in [5, 5.41) is 3.11. The van der Waals surface area contributed by atoms with Crippen molar-refractivity contribution in [1.29, 1.82) is 0 Å². The van der Waals surface area contributed by atoms with E-state index in [-0.39, 0.29) is 16.8 Å². The Hall–Kier alpha value is -2.09. The van der Waals surface area contributed by atoms with Crippen molar-refractivity contribution in [3.63, 3.8) is 0 Å². The van der Waals surface area contributed by atoms with Crippen LogP contribution in [0, 0.1) is 0 Å². The van der Waals surface area contributed by atoms with Gasteiger partial charge in [-0.1, -0.05) is 29.8 Å². The normalized spacial score (nSPS) is 17.8. The van der Waals surface area contributed by atoms with Gasteiger partial charge in [0.25, 0.3) is 10.0 Å². The second-order valence-corrected chi connectivity index (χ2v) is 8.33. The zero-order valence-electron chi connectivity index (χ0n) is 14.3. The van der Waals surface area contributed by atoms with Gasteiger partial charge in [-0.2, -0.15) is 0 Å². The summed E-state index contributed by atoms with van der Waals surface area (Å²) in [4.78, 5) is 14.4. The SMILES string of the molecule is CN1CCCC1C(=O)Nc1cccc(S(=O)(=O)Nc2ccccc2Cl)c1. The molecule has 0 bridgehead atoms. The Morgan fingerprint density at radius 3 is 2.65 bits per heavy atom. The third kappa shape index (κ3) is 4.17. The highest BCUT2D eigenvalue weighted by Gasteiger charge is 2.28. The van der Waals surface area contributed by atoms with E-state index < -0.39 is 10.0 Å². The summed E-state index contributed by atoms with van der Waals surface area (Å²) in [5.41, 5.74) is 0.744. The summed E-state index contributed by atoms with van der Waals surface area (Å²) in [6.45, 7) is 0.883. The molecule has 0 spiro atoms. The highest BCUT2D eigenvalue weighted by Crippen LogP contribution is 2.25. The minimum atomic E-state index is -3.82. The van der Waals surface area contributed by atoms with E-state index in [9.17, 15) is 13.2 Å². The summed E-state index contributed by atoms with van der Waals surface area (Å²) in [5.74, 6) is -0.126. The molecule has 0 aromatic heterocycles. The van der Waals surface area contributed by atoms with Crippen LogP contribution < -0.4 is 10.0 Å². The smallest absolute Gasteiger partial charge is 0.262 e. The van der Waals surface area contributed by atoms with Crippen molar-refractivity contribution in [2.45, 2.75) is 23.8 Å². The van der Waals surface area contributed by atoms with Gasteiger partial charge in [-0.25, -0.2) is 8.42 Å². The lowest BCUT2D eigenvalue weighted by Crippen LogP contribution is -2.37. The summed E-state index contributed by atoms with van der Waals surface area (Å²) >= 11 is 6.02. The Kier molecular flexibility index (Phi) is 5.50. The van der Waals surface area contributed by atoms with Gasteiger partial charge in [-0.15, -0.1) is 0 Å². The number of carbonyl (C=O) groups is 1. The Labute approximate surface area is 158 Å². The molecule has 1 amide bonds. The molecule has 2 N–H and O–H groups in total. The summed E-state index contributed by atoms with van der Waals surface area (Å²) < 4.78 is 27.7. The average Bonchev–Trinajstić information content (AvgIpc) is 3.03. The molecule has 2 aromatic rings. The first-order valence-electron chi connectivity index (χ1n) is 8.25. The fourth-order valence-electron chi connectivity index (χ4n) is 2.96. The van der Waals surface area contributed by atoms with Crippen LogP contribution in [0.25, 0.3) is 0 Å². The molecule has 1 atom stereocenters. The van der Waals surface area contributed by atoms with Gasteiger partial charge in [-0.3, -0.25) is 14.4 Å². The number of benzene rings is 2. The van der Waals surface area contributed by atoms with Crippen LogP contribution in [0.5, 0.6) is 0 Å². The molecule has 1 aliphatic heterocycles. The predicted molar refractivity (Wildman–Crippen MR) is 103 cm³/mol. The Bertz CT molecular complexity index is 917. The van der Waals surface area contributed by atoms with E-state index in [0.717, 1.165) is 19.4 Å². The van der Waals surface area contributed by atoms with Crippen LogP contribution in [0.15, 0.2) is 53.4 Å². The summed E-state index contributed by atoms with van der Waals surface area (Å²) in [6.07, 6.45) is 1.78. The molecular formula is C18H20ClN3O3S. The Balaban J connectivity index is 1.78. The molecule has 0 aliphatic carbocycles. The number of hydrogen-bond donors (Lipinski definition) is 2.